The summed E-state index contributed by atoms with van der Waals surface area (Å²) < 4.78 is 27.9. The van der Waals surface area contributed by atoms with Crippen molar-refractivity contribution in [1.29, 1.82) is 0 Å². The topological polar surface area (TPSA) is 102 Å². The number of alkyl halides is 2. The van der Waals surface area contributed by atoms with E-state index in [1.54, 1.807) is 36.0 Å². The Morgan fingerprint density at radius 3 is 2.62 bits per heavy atom. The van der Waals surface area contributed by atoms with Crippen LogP contribution in [0.1, 0.15) is 35.8 Å². The fraction of sp³-hybridized carbons (Fsp3) is 0.273. The number of carbonyl (C=O) groups excluding carboxylic acids is 2. The number of Topliss-reactive ketones (excluding diaryl/α,β-unsaturated/α-hetero) is 1. The summed E-state index contributed by atoms with van der Waals surface area (Å²) in [5.74, 6) is -4.88. The molecule has 1 amide bonds. The van der Waals surface area contributed by atoms with Gasteiger partial charge in [-0.25, -0.2) is 23.3 Å². The van der Waals surface area contributed by atoms with Gasteiger partial charge in [0.15, 0.2) is 11.4 Å². The van der Waals surface area contributed by atoms with Crippen LogP contribution in [-0.2, 0) is 4.79 Å². The lowest BCUT2D eigenvalue weighted by Gasteiger charge is -2.11. The Bertz CT molecular complexity index is 1410. The molecular weight excluding hydrogens is 418 g/mol. The van der Waals surface area contributed by atoms with Crippen molar-refractivity contribution in [2.75, 3.05) is 5.32 Å². The zero-order valence-corrected chi connectivity index (χ0v) is 17.3. The van der Waals surface area contributed by atoms with Crippen molar-refractivity contribution in [3.8, 4) is 11.1 Å². The van der Waals surface area contributed by atoms with Gasteiger partial charge >= 0.3 is 0 Å². The van der Waals surface area contributed by atoms with Crippen LogP contribution in [0, 0.1) is 12.8 Å². The molecule has 4 aromatic rings. The van der Waals surface area contributed by atoms with Crippen molar-refractivity contribution in [2.24, 2.45) is 5.92 Å². The van der Waals surface area contributed by atoms with Crippen LogP contribution >= 0.6 is 0 Å². The lowest BCUT2D eigenvalue weighted by atomic mass is 10.0. The van der Waals surface area contributed by atoms with Crippen molar-refractivity contribution >= 4 is 34.1 Å². The summed E-state index contributed by atoms with van der Waals surface area (Å²) >= 11 is 0. The summed E-state index contributed by atoms with van der Waals surface area (Å²) in [5.41, 5.74) is 3.99. The third-order valence-corrected chi connectivity index (χ3v) is 5.63. The van der Waals surface area contributed by atoms with Crippen LogP contribution in [0.2, 0.25) is 0 Å². The van der Waals surface area contributed by atoms with E-state index in [-0.39, 0.29) is 11.6 Å². The molecule has 1 N–H and O–H groups in total. The lowest BCUT2D eigenvalue weighted by Crippen LogP contribution is -2.18. The van der Waals surface area contributed by atoms with Gasteiger partial charge < -0.3 is 5.32 Å². The molecular formula is C22H18F2N6O2. The molecule has 0 aliphatic heterocycles. The number of nitrogens with zero attached hydrogens (tertiary/aromatic N) is 5. The number of halogens is 2. The molecule has 0 saturated heterocycles. The van der Waals surface area contributed by atoms with Crippen molar-refractivity contribution < 1.29 is 18.4 Å². The largest absolute Gasteiger partial charge is 0.310 e. The molecule has 1 atom stereocenters. The highest BCUT2D eigenvalue weighted by atomic mass is 19.3. The number of amides is 1. The average molecular weight is 436 g/mol. The van der Waals surface area contributed by atoms with Crippen LogP contribution in [-0.4, -0.2) is 42.2 Å². The van der Waals surface area contributed by atoms with Crippen molar-refractivity contribution in [3.63, 3.8) is 0 Å². The van der Waals surface area contributed by atoms with Crippen LogP contribution in [0.3, 0.4) is 0 Å². The zero-order chi connectivity index (χ0) is 22.6. The smallest absolute Gasteiger partial charge is 0.260 e. The number of carbonyl (C=O) groups is 2. The van der Waals surface area contributed by atoms with Gasteiger partial charge in [0.05, 0.1) is 5.52 Å². The van der Waals surface area contributed by atoms with E-state index < -0.39 is 24.2 Å². The molecule has 4 aromatic heterocycles. The van der Waals surface area contributed by atoms with E-state index in [2.05, 4.69) is 25.4 Å². The molecule has 162 valence electrons. The number of nitrogens with one attached hydrogen (secondary N) is 1. The van der Waals surface area contributed by atoms with Gasteiger partial charge in [0.25, 0.3) is 5.92 Å². The van der Waals surface area contributed by atoms with Crippen molar-refractivity contribution in [3.05, 3.63) is 48.2 Å². The van der Waals surface area contributed by atoms with E-state index in [0.29, 0.717) is 28.7 Å². The van der Waals surface area contributed by atoms with Gasteiger partial charge in [-0.1, -0.05) is 6.92 Å². The maximum absolute atomic E-state index is 13.2. The summed E-state index contributed by atoms with van der Waals surface area (Å²) in [5, 5.41) is 7.44. The summed E-state index contributed by atoms with van der Waals surface area (Å²) in [6.45, 7) is 3.68. The second kappa shape index (κ2) is 7.11. The predicted octanol–water partition coefficient (Wildman–Crippen LogP) is 3.83. The van der Waals surface area contributed by atoms with Crippen LogP contribution in [0.5, 0.6) is 0 Å². The highest BCUT2D eigenvalue weighted by molar-refractivity contribution is 5.98. The Morgan fingerprint density at radius 1 is 1.16 bits per heavy atom. The van der Waals surface area contributed by atoms with Gasteiger partial charge in [-0.3, -0.25) is 14.6 Å². The summed E-state index contributed by atoms with van der Waals surface area (Å²) in [7, 11) is 0. The highest BCUT2D eigenvalue weighted by Crippen LogP contribution is 2.49. The number of aryl methyl sites for hydroxylation is 1. The van der Waals surface area contributed by atoms with Gasteiger partial charge in [0.2, 0.25) is 5.91 Å². The van der Waals surface area contributed by atoms with E-state index in [4.69, 9.17) is 0 Å². The number of rotatable bonds is 5. The standard InChI is InChI=1S/C22H18F2N6O2/c1-3-18(31)16-4-11(2)14(9-25-16)13-5-12-8-26-19(29-21(32)15-7-22(15,23)24)6-17(12)30-20(13)27-10-28-30/h4-6,8-10,15H,3,7H2,1-2H3,(H,26,29,32). The number of anilines is 1. The minimum absolute atomic E-state index is 0.0338. The number of hydrogen-bond acceptors (Lipinski definition) is 6. The fourth-order valence-electron chi connectivity index (χ4n) is 3.72. The van der Waals surface area contributed by atoms with Gasteiger partial charge in [-0.05, 0) is 24.6 Å². The summed E-state index contributed by atoms with van der Waals surface area (Å²) in [6.07, 6.45) is 4.52. The van der Waals surface area contributed by atoms with E-state index >= 15 is 0 Å². The Morgan fingerprint density at radius 2 is 1.94 bits per heavy atom. The quantitative estimate of drug-likeness (QED) is 0.477. The molecule has 10 heteroatoms. The van der Waals surface area contributed by atoms with E-state index in [9.17, 15) is 18.4 Å². The average Bonchev–Trinajstić information content (AvgIpc) is 3.18. The summed E-state index contributed by atoms with van der Waals surface area (Å²) in [4.78, 5) is 36.9. The van der Waals surface area contributed by atoms with Crippen molar-refractivity contribution in [2.45, 2.75) is 32.6 Å². The molecule has 1 aliphatic rings. The normalized spacial score (nSPS) is 16.9. The first-order chi connectivity index (χ1) is 15.3. The zero-order valence-electron chi connectivity index (χ0n) is 17.3. The van der Waals surface area contributed by atoms with Crippen LogP contribution in [0.15, 0.2) is 36.9 Å². The Labute approximate surface area is 180 Å². The SMILES string of the molecule is CCC(=O)c1cc(C)c(-c2cc3cnc(NC(=O)C4CC4(F)F)cc3n3ncnc23)cn1. The van der Waals surface area contributed by atoms with Crippen LogP contribution < -0.4 is 5.32 Å². The molecule has 0 bridgehead atoms. The predicted molar refractivity (Wildman–Crippen MR) is 113 cm³/mol. The molecule has 1 saturated carbocycles. The maximum atomic E-state index is 13.2. The molecule has 5 rings (SSSR count). The van der Waals surface area contributed by atoms with E-state index in [1.807, 2.05) is 13.0 Å². The molecule has 1 fully saturated rings. The number of fused-ring (bicyclic) bond motifs is 3. The minimum Gasteiger partial charge on any atom is -0.310 e. The van der Waals surface area contributed by atoms with E-state index in [0.717, 1.165) is 16.7 Å². The van der Waals surface area contributed by atoms with Gasteiger partial charge in [0, 0.05) is 47.8 Å². The molecule has 32 heavy (non-hydrogen) atoms. The first-order valence-corrected chi connectivity index (χ1v) is 10.1. The Kier molecular flexibility index (Phi) is 4.47. The number of hydrogen-bond donors (Lipinski definition) is 1. The first-order valence-electron chi connectivity index (χ1n) is 10.1. The third-order valence-electron chi connectivity index (χ3n) is 5.63. The molecule has 1 aliphatic carbocycles. The lowest BCUT2D eigenvalue weighted by molar-refractivity contribution is -0.119. The number of pyridine rings is 3. The Hall–Kier alpha value is -3.82. The molecule has 1 unspecified atom stereocenters. The first kappa shape index (κ1) is 20.1. The Balaban J connectivity index is 1.57. The molecule has 0 radical (unpaired) electrons. The monoisotopic (exact) mass is 436 g/mol. The third kappa shape index (κ3) is 3.28. The second-order valence-electron chi connectivity index (χ2n) is 7.85. The summed E-state index contributed by atoms with van der Waals surface area (Å²) in [6, 6.07) is 5.20. The second-order valence-corrected chi connectivity index (χ2v) is 7.85. The van der Waals surface area contributed by atoms with Gasteiger partial charge in [-0.2, -0.15) is 5.10 Å². The molecule has 8 nitrogen and oxygen atoms in total. The van der Waals surface area contributed by atoms with E-state index in [1.165, 1.54) is 6.33 Å². The molecule has 0 aromatic carbocycles. The highest BCUT2D eigenvalue weighted by Gasteiger charge is 2.61. The minimum atomic E-state index is -2.95. The van der Waals surface area contributed by atoms with Crippen LogP contribution in [0.25, 0.3) is 27.7 Å². The number of ketones is 1. The fourth-order valence-corrected chi connectivity index (χ4v) is 3.72. The molecule has 0 spiro atoms. The van der Waals surface area contributed by atoms with Gasteiger partial charge in [0.1, 0.15) is 23.8 Å². The van der Waals surface area contributed by atoms with Gasteiger partial charge in [-0.15, -0.1) is 0 Å². The number of aromatic nitrogens is 5. The molecule has 4 heterocycles. The van der Waals surface area contributed by atoms with Crippen molar-refractivity contribution in [1.82, 2.24) is 24.6 Å². The van der Waals surface area contributed by atoms with Crippen LogP contribution in [0.4, 0.5) is 14.6 Å². The maximum Gasteiger partial charge on any atom is 0.260 e.